The van der Waals surface area contributed by atoms with E-state index in [1.54, 1.807) is 0 Å². The van der Waals surface area contributed by atoms with Crippen molar-refractivity contribution in [3.05, 3.63) is 22.6 Å². The zero-order valence-corrected chi connectivity index (χ0v) is 7.63. The maximum atomic E-state index is 12.3. The zero-order chi connectivity index (χ0) is 10.9. The van der Waals surface area contributed by atoms with Crippen molar-refractivity contribution in [3.63, 3.8) is 0 Å². The van der Waals surface area contributed by atoms with Crippen molar-refractivity contribution in [1.82, 2.24) is 4.57 Å². The Morgan fingerprint density at radius 1 is 1.43 bits per heavy atom. The first kappa shape index (κ1) is 10.7. The Morgan fingerprint density at radius 3 is 2.43 bits per heavy atom. The molecule has 0 saturated heterocycles. The lowest BCUT2D eigenvalue weighted by molar-refractivity contribution is 0.404. The SMILES string of the molecule is COc1cc([B-](F)(F)F)cn(C)c1=O. The molecule has 0 aliphatic carbocycles. The fourth-order valence-corrected chi connectivity index (χ4v) is 1.03. The molecule has 1 rings (SSSR count). The van der Waals surface area contributed by atoms with E-state index >= 15 is 0 Å². The Balaban J connectivity index is 3.38. The maximum absolute atomic E-state index is 12.3. The van der Waals surface area contributed by atoms with Gasteiger partial charge in [0.25, 0.3) is 5.56 Å². The summed E-state index contributed by atoms with van der Waals surface area (Å²) in [6.07, 6.45) is 0.755. The van der Waals surface area contributed by atoms with E-state index in [1.807, 2.05) is 0 Å². The number of pyridine rings is 1. The van der Waals surface area contributed by atoms with Crippen LogP contribution in [0.1, 0.15) is 0 Å². The molecule has 0 N–H and O–H groups in total. The van der Waals surface area contributed by atoms with Gasteiger partial charge in [0.1, 0.15) is 0 Å². The molecule has 78 valence electrons. The van der Waals surface area contributed by atoms with E-state index in [-0.39, 0.29) is 5.75 Å². The zero-order valence-electron chi connectivity index (χ0n) is 7.63. The molecular weight excluding hydrogens is 198 g/mol. The first-order chi connectivity index (χ1) is 6.36. The minimum absolute atomic E-state index is 0.302. The average Bonchev–Trinajstić information content (AvgIpc) is 2.07. The van der Waals surface area contributed by atoms with Crippen LogP contribution in [0.25, 0.3) is 0 Å². The second-order valence-corrected chi connectivity index (χ2v) is 2.83. The number of halogens is 3. The van der Waals surface area contributed by atoms with Crippen LogP contribution in [0.4, 0.5) is 12.9 Å². The van der Waals surface area contributed by atoms with Gasteiger partial charge in [-0.1, -0.05) is 5.46 Å². The van der Waals surface area contributed by atoms with Crippen LogP contribution in [0.2, 0.25) is 0 Å². The Kier molecular flexibility index (Phi) is 2.59. The molecule has 1 heterocycles. The van der Waals surface area contributed by atoms with Crippen LogP contribution in [0.5, 0.6) is 5.75 Å². The van der Waals surface area contributed by atoms with Crippen molar-refractivity contribution < 1.29 is 17.7 Å². The molecule has 0 atom stereocenters. The quantitative estimate of drug-likeness (QED) is 0.657. The first-order valence-corrected chi connectivity index (χ1v) is 3.80. The third kappa shape index (κ3) is 1.91. The highest BCUT2D eigenvalue weighted by molar-refractivity contribution is 6.73. The van der Waals surface area contributed by atoms with Crippen molar-refractivity contribution in [3.8, 4) is 5.75 Å². The van der Waals surface area contributed by atoms with Crippen LogP contribution in [-0.2, 0) is 7.05 Å². The molecule has 0 fully saturated rings. The van der Waals surface area contributed by atoms with Gasteiger partial charge in [-0.05, 0) is 12.3 Å². The summed E-state index contributed by atoms with van der Waals surface area (Å²) in [5, 5.41) is 0. The number of methoxy groups -OCH3 is 1. The molecule has 14 heavy (non-hydrogen) atoms. The van der Waals surface area contributed by atoms with Crippen molar-refractivity contribution >= 4 is 12.4 Å². The highest BCUT2D eigenvalue weighted by Crippen LogP contribution is 2.10. The van der Waals surface area contributed by atoms with Gasteiger partial charge in [0.2, 0.25) is 0 Å². The van der Waals surface area contributed by atoms with E-state index in [2.05, 4.69) is 4.74 Å². The smallest absolute Gasteiger partial charge is 0.491 e. The van der Waals surface area contributed by atoms with Gasteiger partial charge in [0.05, 0.1) is 7.11 Å². The van der Waals surface area contributed by atoms with Crippen molar-refractivity contribution in [2.24, 2.45) is 7.05 Å². The van der Waals surface area contributed by atoms with E-state index in [0.717, 1.165) is 17.9 Å². The summed E-state index contributed by atoms with van der Waals surface area (Å²) >= 11 is 0. The molecule has 0 aliphatic heterocycles. The number of nitrogens with zero attached hydrogens (tertiary/aromatic N) is 1. The van der Waals surface area contributed by atoms with E-state index in [4.69, 9.17) is 0 Å². The molecular formula is C7H8BF3NO2-. The van der Waals surface area contributed by atoms with E-state index in [1.165, 1.54) is 7.05 Å². The minimum atomic E-state index is -5.10. The topological polar surface area (TPSA) is 31.2 Å². The predicted octanol–water partition coefficient (Wildman–Crippen LogP) is 0.448. The van der Waals surface area contributed by atoms with Crippen LogP contribution in [0.3, 0.4) is 0 Å². The molecule has 0 amide bonds. The first-order valence-electron chi connectivity index (χ1n) is 3.80. The van der Waals surface area contributed by atoms with Crippen LogP contribution >= 0.6 is 0 Å². The molecule has 0 saturated carbocycles. The summed E-state index contributed by atoms with van der Waals surface area (Å²) in [6.45, 7) is -5.10. The summed E-state index contributed by atoms with van der Waals surface area (Å²) < 4.78 is 42.3. The average molecular weight is 206 g/mol. The summed E-state index contributed by atoms with van der Waals surface area (Å²) in [7, 11) is 2.40. The molecule has 0 radical (unpaired) electrons. The number of aryl methyl sites for hydroxylation is 1. The standard InChI is InChI=1S/C7H8BF3NO2/c1-12-4-5(8(9,10)11)3-6(14-2)7(12)13/h3-4H,1-2H3/q-1. The molecule has 3 nitrogen and oxygen atoms in total. The van der Waals surface area contributed by atoms with Crippen LogP contribution in [0, 0.1) is 0 Å². The number of ether oxygens (including phenoxy) is 1. The molecule has 1 aromatic rings. The number of hydrogen-bond donors (Lipinski definition) is 0. The Hall–Kier alpha value is -1.40. The lowest BCUT2D eigenvalue weighted by Crippen LogP contribution is -2.37. The minimum Gasteiger partial charge on any atom is -0.491 e. The number of aromatic nitrogens is 1. The molecule has 1 aromatic heterocycles. The van der Waals surface area contributed by atoms with Gasteiger partial charge in [0.15, 0.2) is 5.75 Å². The fraction of sp³-hybridized carbons (Fsp3) is 0.286. The molecule has 0 aliphatic rings. The van der Waals surface area contributed by atoms with Gasteiger partial charge in [0, 0.05) is 7.05 Å². The molecule has 0 bridgehead atoms. The monoisotopic (exact) mass is 206 g/mol. The Bertz CT molecular complexity index is 399. The fourth-order valence-electron chi connectivity index (χ4n) is 1.03. The van der Waals surface area contributed by atoms with Gasteiger partial charge in [-0.15, -0.1) is 0 Å². The van der Waals surface area contributed by atoms with Gasteiger partial charge < -0.3 is 22.3 Å². The van der Waals surface area contributed by atoms with Crippen LogP contribution < -0.4 is 15.8 Å². The maximum Gasteiger partial charge on any atom is 0.511 e. The number of hydrogen-bond acceptors (Lipinski definition) is 2. The lowest BCUT2D eigenvalue weighted by atomic mass is 9.81. The van der Waals surface area contributed by atoms with Crippen LogP contribution in [-0.4, -0.2) is 18.7 Å². The van der Waals surface area contributed by atoms with Crippen molar-refractivity contribution in [1.29, 1.82) is 0 Å². The Labute approximate surface area is 78.2 Å². The largest absolute Gasteiger partial charge is 0.511 e. The second-order valence-electron chi connectivity index (χ2n) is 2.83. The van der Waals surface area contributed by atoms with E-state index in [9.17, 15) is 17.7 Å². The lowest BCUT2D eigenvalue weighted by Gasteiger charge is -2.16. The molecule has 0 aromatic carbocycles. The third-order valence-corrected chi connectivity index (χ3v) is 1.77. The van der Waals surface area contributed by atoms with Crippen LogP contribution in [0.15, 0.2) is 17.1 Å². The molecule has 7 heteroatoms. The normalized spacial score (nSPS) is 11.5. The highest BCUT2D eigenvalue weighted by Gasteiger charge is 2.27. The van der Waals surface area contributed by atoms with Gasteiger partial charge >= 0.3 is 6.98 Å². The van der Waals surface area contributed by atoms with Gasteiger partial charge in [-0.2, -0.15) is 0 Å². The van der Waals surface area contributed by atoms with Crippen molar-refractivity contribution in [2.45, 2.75) is 0 Å². The van der Waals surface area contributed by atoms with Crippen molar-refractivity contribution in [2.75, 3.05) is 7.11 Å². The highest BCUT2D eigenvalue weighted by atomic mass is 19.4. The van der Waals surface area contributed by atoms with E-state index < -0.39 is 18.0 Å². The summed E-state index contributed by atoms with van der Waals surface area (Å²) in [5.74, 6) is -0.302. The number of rotatable bonds is 2. The summed E-state index contributed by atoms with van der Waals surface area (Å²) in [4.78, 5) is 11.2. The summed E-state index contributed by atoms with van der Waals surface area (Å²) in [5.41, 5.74) is -1.43. The Morgan fingerprint density at radius 2 is 2.00 bits per heavy atom. The summed E-state index contributed by atoms with van der Waals surface area (Å²) in [6, 6.07) is 0.711. The molecule has 0 spiro atoms. The third-order valence-electron chi connectivity index (χ3n) is 1.77. The molecule has 0 unspecified atom stereocenters. The van der Waals surface area contributed by atoms with Gasteiger partial charge in [-0.25, -0.2) is 0 Å². The predicted molar refractivity (Wildman–Crippen MR) is 46.9 cm³/mol. The van der Waals surface area contributed by atoms with Gasteiger partial charge in [-0.3, -0.25) is 4.79 Å². The second kappa shape index (κ2) is 3.40. The van der Waals surface area contributed by atoms with E-state index in [0.29, 0.717) is 6.07 Å².